The molecule has 1 N–H and O–H groups in total. The topological polar surface area (TPSA) is 84.9 Å². The van der Waals surface area contributed by atoms with Crippen molar-refractivity contribution in [3.63, 3.8) is 0 Å². The average Bonchev–Trinajstić information content (AvgIpc) is 2.53. The van der Waals surface area contributed by atoms with Gasteiger partial charge in [0.05, 0.1) is 6.54 Å². The molecule has 0 heterocycles. The lowest BCUT2D eigenvalue weighted by Crippen LogP contribution is -2.43. The summed E-state index contributed by atoms with van der Waals surface area (Å²) in [5.41, 5.74) is -1.36. The molecule has 1 aromatic rings. The Hall–Kier alpha value is -2.64. The van der Waals surface area contributed by atoms with Gasteiger partial charge >= 0.3 is 5.97 Å². The molecule has 1 aromatic carbocycles. The molecular formula is C16H21FN2O5. The van der Waals surface area contributed by atoms with Crippen molar-refractivity contribution in [1.82, 2.24) is 10.2 Å². The van der Waals surface area contributed by atoms with Crippen LogP contribution in [-0.4, -0.2) is 55.5 Å². The van der Waals surface area contributed by atoms with Crippen molar-refractivity contribution < 1.29 is 28.2 Å². The van der Waals surface area contributed by atoms with E-state index < -0.39 is 29.9 Å². The molecule has 0 saturated carbocycles. The summed E-state index contributed by atoms with van der Waals surface area (Å²) >= 11 is 0. The Morgan fingerprint density at radius 1 is 1.21 bits per heavy atom. The molecule has 0 bridgehead atoms. The molecule has 0 fully saturated rings. The van der Waals surface area contributed by atoms with Gasteiger partial charge in [0.15, 0.2) is 12.2 Å². The number of nitrogens with zero attached hydrogens (tertiary/aromatic N) is 1. The van der Waals surface area contributed by atoms with Gasteiger partial charge in [-0.1, -0.05) is 0 Å². The first-order valence-electron chi connectivity index (χ1n) is 7.22. The van der Waals surface area contributed by atoms with Crippen molar-refractivity contribution in [3.8, 4) is 5.75 Å². The Morgan fingerprint density at radius 2 is 1.79 bits per heavy atom. The lowest BCUT2D eigenvalue weighted by molar-refractivity contribution is -0.163. The number of benzene rings is 1. The Balaban J connectivity index is 2.54. The van der Waals surface area contributed by atoms with Crippen LogP contribution in [0, 0.1) is 5.82 Å². The van der Waals surface area contributed by atoms with E-state index in [2.05, 4.69) is 5.32 Å². The maximum atomic E-state index is 12.9. The van der Waals surface area contributed by atoms with Crippen LogP contribution in [0.3, 0.4) is 0 Å². The molecular weight excluding hydrogens is 319 g/mol. The van der Waals surface area contributed by atoms with E-state index in [1.54, 1.807) is 0 Å². The number of esters is 1. The molecule has 0 aromatic heterocycles. The highest BCUT2D eigenvalue weighted by Crippen LogP contribution is 2.19. The zero-order chi connectivity index (χ0) is 18.3. The van der Waals surface area contributed by atoms with E-state index in [0.29, 0.717) is 5.75 Å². The fourth-order valence-electron chi connectivity index (χ4n) is 1.63. The molecule has 0 unspecified atom stereocenters. The second-order valence-electron chi connectivity index (χ2n) is 5.57. The predicted octanol–water partition coefficient (Wildman–Crippen LogP) is 0.731. The minimum absolute atomic E-state index is 0.137. The number of nitrogens with one attached hydrogen (secondary N) is 1. The minimum Gasteiger partial charge on any atom is -0.476 e. The summed E-state index contributed by atoms with van der Waals surface area (Å²) in [5.74, 6) is -1.75. The van der Waals surface area contributed by atoms with Crippen molar-refractivity contribution in [3.05, 3.63) is 30.1 Å². The molecule has 1 rings (SSSR count). The van der Waals surface area contributed by atoms with E-state index in [4.69, 9.17) is 9.47 Å². The second kappa shape index (κ2) is 8.28. The van der Waals surface area contributed by atoms with E-state index in [1.807, 2.05) is 0 Å². The van der Waals surface area contributed by atoms with Crippen LogP contribution in [-0.2, 0) is 19.1 Å². The van der Waals surface area contributed by atoms with Gasteiger partial charge in [0.1, 0.15) is 11.6 Å². The Labute approximate surface area is 139 Å². The van der Waals surface area contributed by atoms with Crippen LogP contribution >= 0.6 is 0 Å². The fourth-order valence-corrected chi connectivity index (χ4v) is 1.63. The van der Waals surface area contributed by atoms with Crippen molar-refractivity contribution >= 4 is 17.8 Å². The quantitative estimate of drug-likeness (QED) is 0.740. The molecule has 24 heavy (non-hydrogen) atoms. The van der Waals surface area contributed by atoms with E-state index in [1.165, 1.54) is 52.2 Å². The number of amides is 2. The first-order valence-corrected chi connectivity index (χ1v) is 7.22. The summed E-state index contributed by atoms with van der Waals surface area (Å²) in [7, 11) is 2.88. The molecule has 0 saturated heterocycles. The number of carbonyl (C=O) groups is 3. The van der Waals surface area contributed by atoms with Crippen LogP contribution < -0.4 is 10.1 Å². The molecule has 132 valence electrons. The highest BCUT2D eigenvalue weighted by Gasteiger charge is 2.32. The number of likely N-dealkylation sites (N-methyl/N-ethyl adjacent to an activating group) is 2. The molecule has 0 aliphatic rings. The SMILES string of the molecule is CNC(=O)CN(C)C(=O)COC(=O)C(C)(C)Oc1ccc(F)cc1. The Kier molecular flexibility index (Phi) is 6.69. The number of carbonyl (C=O) groups excluding carboxylic acids is 3. The summed E-state index contributed by atoms with van der Waals surface area (Å²) in [5, 5.41) is 2.38. The molecule has 0 aliphatic carbocycles. The van der Waals surface area contributed by atoms with Crippen LogP contribution in [0.5, 0.6) is 5.75 Å². The van der Waals surface area contributed by atoms with Crippen molar-refractivity contribution in [2.24, 2.45) is 0 Å². The molecule has 0 atom stereocenters. The van der Waals surface area contributed by atoms with Crippen molar-refractivity contribution in [2.75, 3.05) is 27.2 Å². The minimum atomic E-state index is -1.36. The van der Waals surface area contributed by atoms with Crippen LogP contribution in [0.4, 0.5) is 4.39 Å². The molecule has 0 radical (unpaired) electrons. The van der Waals surface area contributed by atoms with E-state index in [-0.39, 0.29) is 12.5 Å². The largest absolute Gasteiger partial charge is 0.476 e. The second-order valence-corrected chi connectivity index (χ2v) is 5.57. The Bertz CT molecular complexity index is 601. The van der Waals surface area contributed by atoms with E-state index in [9.17, 15) is 18.8 Å². The summed E-state index contributed by atoms with van der Waals surface area (Å²) in [6.45, 7) is 2.29. The van der Waals surface area contributed by atoms with E-state index in [0.717, 1.165) is 4.90 Å². The summed E-state index contributed by atoms with van der Waals surface area (Å²) in [6.07, 6.45) is 0. The van der Waals surface area contributed by atoms with Crippen molar-refractivity contribution in [2.45, 2.75) is 19.4 Å². The van der Waals surface area contributed by atoms with Gasteiger partial charge in [-0.15, -0.1) is 0 Å². The van der Waals surface area contributed by atoms with Crippen LogP contribution in [0.25, 0.3) is 0 Å². The monoisotopic (exact) mass is 340 g/mol. The summed E-state index contributed by atoms with van der Waals surface area (Å²) in [4.78, 5) is 36.2. The molecule has 2 amide bonds. The number of hydrogen-bond donors (Lipinski definition) is 1. The number of hydrogen-bond acceptors (Lipinski definition) is 5. The van der Waals surface area contributed by atoms with Gasteiger partial charge in [0, 0.05) is 14.1 Å². The predicted molar refractivity (Wildman–Crippen MR) is 83.8 cm³/mol. The highest BCUT2D eigenvalue weighted by atomic mass is 19.1. The lowest BCUT2D eigenvalue weighted by atomic mass is 10.1. The Morgan fingerprint density at radius 3 is 2.33 bits per heavy atom. The van der Waals surface area contributed by atoms with Gasteiger partial charge in [-0.05, 0) is 38.1 Å². The van der Waals surface area contributed by atoms with Crippen LogP contribution in [0.1, 0.15) is 13.8 Å². The van der Waals surface area contributed by atoms with Crippen molar-refractivity contribution in [1.29, 1.82) is 0 Å². The summed E-state index contributed by atoms with van der Waals surface area (Å²) < 4.78 is 23.3. The van der Waals surface area contributed by atoms with Gasteiger partial charge < -0.3 is 19.7 Å². The lowest BCUT2D eigenvalue weighted by Gasteiger charge is -2.24. The molecule has 8 heteroatoms. The third kappa shape index (κ3) is 5.86. The zero-order valence-corrected chi connectivity index (χ0v) is 14.1. The standard InChI is InChI=1S/C16H21FN2O5/c1-16(2,24-12-7-5-11(17)6-8-12)15(22)23-10-14(21)19(4)9-13(20)18-3/h5-8H,9-10H2,1-4H3,(H,18,20). The van der Waals surface area contributed by atoms with Crippen LogP contribution in [0.15, 0.2) is 24.3 Å². The maximum absolute atomic E-state index is 12.9. The van der Waals surface area contributed by atoms with Gasteiger partial charge in [-0.25, -0.2) is 9.18 Å². The third-order valence-corrected chi connectivity index (χ3v) is 3.09. The number of rotatable bonds is 7. The van der Waals surface area contributed by atoms with Gasteiger partial charge in [0.2, 0.25) is 5.91 Å². The smallest absolute Gasteiger partial charge is 0.350 e. The molecule has 0 spiro atoms. The molecule has 7 nitrogen and oxygen atoms in total. The summed E-state index contributed by atoms with van der Waals surface area (Å²) in [6, 6.07) is 5.17. The molecule has 0 aliphatic heterocycles. The van der Waals surface area contributed by atoms with Gasteiger partial charge in [0.25, 0.3) is 5.91 Å². The number of ether oxygens (including phenoxy) is 2. The zero-order valence-electron chi connectivity index (χ0n) is 14.1. The first-order chi connectivity index (χ1) is 11.2. The average molecular weight is 340 g/mol. The third-order valence-electron chi connectivity index (χ3n) is 3.09. The first kappa shape index (κ1) is 19.4. The van der Waals surface area contributed by atoms with E-state index >= 15 is 0 Å². The van der Waals surface area contributed by atoms with Crippen LogP contribution in [0.2, 0.25) is 0 Å². The van der Waals surface area contributed by atoms with Gasteiger partial charge in [-0.3, -0.25) is 9.59 Å². The maximum Gasteiger partial charge on any atom is 0.350 e. The number of halogens is 1. The fraction of sp³-hybridized carbons (Fsp3) is 0.438. The van der Waals surface area contributed by atoms with Gasteiger partial charge in [-0.2, -0.15) is 0 Å². The normalized spacial score (nSPS) is 10.7. The highest BCUT2D eigenvalue weighted by molar-refractivity contribution is 5.87.